The van der Waals surface area contributed by atoms with Gasteiger partial charge in [-0.25, -0.2) is 8.78 Å². The van der Waals surface area contributed by atoms with Gasteiger partial charge in [0.15, 0.2) is 0 Å². The van der Waals surface area contributed by atoms with Crippen molar-refractivity contribution >= 4 is 0 Å². The van der Waals surface area contributed by atoms with Gasteiger partial charge in [0.2, 0.25) is 0 Å². The second-order valence-corrected chi connectivity index (χ2v) is 4.50. The van der Waals surface area contributed by atoms with Crippen LogP contribution < -0.4 is 5.73 Å². The van der Waals surface area contributed by atoms with Gasteiger partial charge in [0, 0.05) is 18.8 Å². The van der Waals surface area contributed by atoms with Gasteiger partial charge in [0.25, 0.3) is 6.43 Å². The second kappa shape index (κ2) is 4.26. The number of rotatable bonds is 4. The molecule has 0 unspecified atom stereocenters. The molecule has 1 aromatic heterocycles. The SMILES string of the molecule is Cn1cc(CCC(C)(C)N)c(C(F)F)n1. The zero-order chi connectivity index (χ0) is 11.6. The molecule has 0 saturated heterocycles. The van der Waals surface area contributed by atoms with Gasteiger partial charge in [0.05, 0.1) is 0 Å². The lowest BCUT2D eigenvalue weighted by Crippen LogP contribution is -2.32. The van der Waals surface area contributed by atoms with Crippen LogP contribution in [0, 0.1) is 0 Å². The fourth-order valence-corrected chi connectivity index (χ4v) is 1.39. The molecule has 0 fully saturated rings. The van der Waals surface area contributed by atoms with Crippen molar-refractivity contribution in [2.24, 2.45) is 12.8 Å². The summed E-state index contributed by atoms with van der Waals surface area (Å²) in [6, 6.07) is 0. The Bertz CT molecular complexity index is 326. The minimum absolute atomic E-state index is 0.123. The largest absolute Gasteiger partial charge is 0.326 e. The molecule has 5 heteroatoms. The Balaban J connectivity index is 2.76. The van der Waals surface area contributed by atoms with Gasteiger partial charge in [0.1, 0.15) is 5.69 Å². The van der Waals surface area contributed by atoms with Crippen LogP contribution in [0.2, 0.25) is 0 Å². The second-order valence-electron chi connectivity index (χ2n) is 4.50. The summed E-state index contributed by atoms with van der Waals surface area (Å²) in [6.07, 6.45) is 0.324. The maximum absolute atomic E-state index is 12.6. The lowest BCUT2D eigenvalue weighted by Gasteiger charge is -2.17. The topological polar surface area (TPSA) is 43.8 Å². The Morgan fingerprint density at radius 1 is 1.53 bits per heavy atom. The van der Waals surface area contributed by atoms with Gasteiger partial charge >= 0.3 is 0 Å². The number of aryl methyl sites for hydroxylation is 2. The Morgan fingerprint density at radius 3 is 2.60 bits per heavy atom. The van der Waals surface area contributed by atoms with Gasteiger partial charge < -0.3 is 5.73 Å². The van der Waals surface area contributed by atoms with Crippen molar-refractivity contribution in [2.45, 2.75) is 38.7 Å². The third-order valence-corrected chi connectivity index (χ3v) is 2.18. The predicted molar refractivity (Wildman–Crippen MR) is 54.8 cm³/mol. The van der Waals surface area contributed by atoms with Crippen LogP contribution in [0.1, 0.15) is 38.0 Å². The highest BCUT2D eigenvalue weighted by molar-refractivity contribution is 5.18. The zero-order valence-corrected chi connectivity index (χ0v) is 9.30. The molecule has 0 saturated carbocycles. The standard InChI is InChI=1S/C10H17F2N3/c1-10(2,13)5-4-7-6-15(3)14-8(7)9(11)12/h6,9H,4-5,13H2,1-3H3. The summed E-state index contributed by atoms with van der Waals surface area (Å²) in [5.74, 6) is 0. The summed E-state index contributed by atoms with van der Waals surface area (Å²) >= 11 is 0. The summed E-state index contributed by atoms with van der Waals surface area (Å²) in [4.78, 5) is 0. The first-order valence-electron chi connectivity index (χ1n) is 4.89. The van der Waals surface area contributed by atoms with E-state index in [1.807, 2.05) is 13.8 Å². The quantitative estimate of drug-likeness (QED) is 0.838. The molecule has 0 radical (unpaired) electrons. The molecule has 0 aliphatic heterocycles. The van der Waals surface area contributed by atoms with Crippen LogP contribution in [-0.4, -0.2) is 15.3 Å². The highest BCUT2D eigenvalue weighted by Gasteiger charge is 2.19. The van der Waals surface area contributed by atoms with E-state index in [9.17, 15) is 8.78 Å². The van der Waals surface area contributed by atoms with Crippen LogP contribution in [0.15, 0.2) is 6.20 Å². The van der Waals surface area contributed by atoms with Crippen LogP contribution in [0.3, 0.4) is 0 Å². The molecule has 0 bridgehead atoms. The first kappa shape index (κ1) is 12.1. The number of nitrogens with two attached hydrogens (primary N) is 1. The van der Waals surface area contributed by atoms with E-state index in [0.29, 0.717) is 18.4 Å². The lowest BCUT2D eigenvalue weighted by atomic mass is 9.97. The van der Waals surface area contributed by atoms with E-state index in [2.05, 4.69) is 5.10 Å². The molecule has 0 atom stereocenters. The third kappa shape index (κ3) is 3.58. The molecule has 1 aromatic rings. The van der Waals surface area contributed by atoms with Crippen LogP contribution in [-0.2, 0) is 13.5 Å². The minimum Gasteiger partial charge on any atom is -0.326 e. The van der Waals surface area contributed by atoms with E-state index in [0.717, 1.165) is 0 Å². The van der Waals surface area contributed by atoms with Crippen LogP contribution in [0.25, 0.3) is 0 Å². The molecule has 2 N–H and O–H groups in total. The molecule has 1 heterocycles. The number of alkyl halides is 2. The molecular weight excluding hydrogens is 200 g/mol. The number of aromatic nitrogens is 2. The molecule has 1 rings (SSSR count). The summed E-state index contributed by atoms with van der Waals surface area (Å²) in [7, 11) is 1.64. The van der Waals surface area contributed by atoms with E-state index in [1.54, 1.807) is 13.2 Å². The third-order valence-electron chi connectivity index (χ3n) is 2.18. The predicted octanol–water partition coefficient (Wildman–Crippen LogP) is 2.03. The average molecular weight is 217 g/mol. The number of halogens is 2. The zero-order valence-electron chi connectivity index (χ0n) is 9.30. The van der Waals surface area contributed by atoms with Gasteiger partial charge in [-0.15, -0.1) is 0 Å². The molecule has 0 aromatic carbocycles. The Kier molecular flexibility index (Phi) is 3.44. The van der Waals surface area contributed by atoms with Crippen LogP contribution in [0.5, 0.6) is 0 Å². The number of hydrogen-bond acceptors (Lipinski definition) is 2. The molecule has 15 heavy (non-hydrogen) atoms. The van der Waals surface area contributed by atoms with Gasteiger partial charge in [-0.3, -0.25) is 4.68 Å². The molecular formula is C10H17F2N3. The summed E-state index contributed by atoms with van der Waals surface area (Å²) in [6.45, 7) is 3.76. The van der Waals surface area contributed by atoms with E-state index in [1.165, 1.54) is 4.68 Å². The van der Waals surface area contributed by atoms with Crippen LogP contribution >= 0.6 is 0 Å². The van der Waals surface area contributed by atoms with Gasteiger partial charge in [-0.2, -0.15) is 5.10 Å². The van der Waals surface area contributed by atoms with Crippen molar-refractivity contribution in [1.82, 2.24) is 9.78 Å². The maximum Gasteiger partial charge on any atom is 0.282 e. The van der Waals surface area contributed by atoms with Crippen molar-refractivity contribution in [2.75, 3.05) is 0 Å². The summed E-state index contributed by atoms with van der Waals surface area (Å²) < 4.78 is 26.5. The monoisotopic (exact) mass is 217 g/mol. The fraction of sp³-hybridized carbons (Fsp3) is 0.700. The molecule has 0 aliphatic rings. The smallest absolute Gasteiger partial charge is 0.282 e. The van der Waals surface area contributed by atoms with Gasteiger partial charge in [-0.1, -0.05) is 0 Å². The highest BCUT2D eigenvalue weighted by Crippen LogP contribution is 2.23. The van der Waals surface area contributed by atoms with E-state index in [4.69, 9.17) is 5.73 Å². The Morgan fingerprint density at radius 2 is 2.13 bits per heavy atom. The number of hydrogen-bond donors (Lipinski definition) is 1. The Labute approximate surface area is 88.3 Å². The molecule has 0 spiro atoms. The lowest BCUT2D eigenvalue weighted by molar-refractivity contribution is 0.144. The summed E-state index contributed by atoms with van der Waals surface area (Å²) in [5.41, 5.74) is 5.93. The van der Waals surface area contributed by atoms with Crippen molar-refractivity contribution < 1.29 is 8.78 Å². The maximum atomic E-state index is 12.6. The van der Waals surface area contributed by atoms with Crippen molar-refractivity contribution in [3.8, 4) is 0 Å². The minimum atomic E-state index is -2.51. The first-order valence-corrected chi connectivity index (χ1v) is 4.89. The average Bonchev–Trinajstić information content (AvgIpc) is 2.42. The Hall–Kier alpha value is -0.970. The highest BCUT2D eigenvalue weighted by atomic mass is 19.3. The van der Waals surface area contributed by atoms with Crippen molar-refractivity contribution in [1.29, 1.82) is 0 Å². The normalized spacial score (nSPS) is 12.5. The van der Waals surface area contributed by atoms with Crippen molar-refractivity contribution in [3.05, 3.63) is 17.5 Å². The first-order chi connectivity index (χ1) is 6.79. The molecule has 0 amide bonds. The van der Waals surface area contributed by atoms with Crippen LogP contribution in [0.4, 0.5) is 8.78 Å². The van der Waals surface area contributed by atoms with E-state index >= 15 is 0 Å². The number of nitrogens with zero attached hydrogens (tertiary/aromatic N) is 2. The van der Waals surface area contributed by atoms with E-state index in [-0.39, 0.29) is 11.2 Å². The molecule has 86 valence electrons. The van der Waals surface area contributed by atoms with E-state index < -0.39 is 6.43 Å². The van der Waals surface area contributed by atoms with Crippen molar-refractivity contribution in [3.63, 3.8) is 0 Å². The molecule has 3 nitrogen and oxygen atoms in total. The molecule has 0 aliphatic carbocycles. The summed E-state index contributed by atoms with van der Waals surface area (Å²) in [5, 5.41) is 3.74. The van der Waals surface area contributed by atoms with Gasteiger partial charge in [-0.05, 0) is 32.3 Å². The fourth-order valence-electron chi connectivity index (χ4n) is 1.39.